The third kappa shape index (κ3) is 4.67. The highest BCUT2D eigenvalue weighted by molar-refractivity contribution is 6.57. The van der Waals surface area contributed by atoms with E-state index in [9.17, 15) is 0 Å². The van der Waals surface area contributed by atoms with Gasteiger partial charge in [-0.2, -0.15) is 0 Å². The van der Waals surface area contributed by atoms with Gasteiger partial charge < -0.3 is 13.3 Å². The molecular weight excluding hydrogens is 234 g/mol. The highest BCUT2D eigenvalue weighted by Crippen LogP contribution is 2.25. The molecule has 0 radical (unpaired) electrons. The van der Waals surface area contributed by atoms with Gasteiger partial charge in [-0.15, -0.1) is 0 Å². The van der Waals surface area contributed by atoms with E-state index in [1.807, 2.05) is 20.8 Å². The second-order valence-electron chi connectivity index (χ2n) is 4.74. The molecule has 0 rings (SSSR count). The van der Waals surface area contributed by atoms with Crippen LogP contribution in [0.4, 0.5) is 0 Å². The van der Waals surface area contributed by atoms with Crippen molar-refractivity contribution in [3.05, 3.63) is 0 Å². The quantitative estimate of drug-likeness (QED) is 0.630. The maximum atomic E-state index is 5.91. The Kier molecular flexibility index (Phi) is 7.51. The van der Waals surface area contributed by atoms with Gasteiger partial charge in [-0.05, 0) is 48.1 Å². The average Bonchev–Trinajstić information content (AvgIpc) is 2.17. The van der Waals surface area contributed by atoms with Gasteiger partial charge >= 0.3 is 8.97 Å². The van der Waals surface area contributed by atoms with Crippen molar-refractivity contribution in [2.75, 3.05) is 26.4 Å². The summed E-state index contributed by atoms with van der Waals surface area (Å²) in [7, 11) is -2.73. The molecule has 4 nitrogen and oxygen atoms in total. The average molecular weight is 263 g/mol. The minimum Gasteiger partial charge on any atom is -0.361 e. The van der Waals surface area contributed by atoms with Crippen LogP contribution in [0, 0.1) is 0 Å². The SMILES string of the molecule is CCO[Si](OCC)(OCC)N(CC)C(C)(C)C. The lowest BCUT2D eigenvalue weighted by Crippen LogP contribution is -2.66. The Morgan fingerprint density at radius 1 is 0.824 bits per heavy atom. The summed E-state index contributed by atoms with van der Waals surface area (Å²) in [5.74, 6) is 0. The summed E-state index contributed by atoms with van der Waals surface area (Å²) in [6.45, 7) is 17.2. The Morgan fingerprint density at radius 2 is 1.18 bits per heavy atom. The van der Waals surface area contributed by atoms with Gasteiger partial charge in [0.2, 0.25) is 0 Å². The van der Waals surface area contributed by atoms with Crippen LogP contribution in [-0.2, 0) is 13.3 Å². The molecule has 0 saturated carbocycles. The second-order valence-corrected chi connectivity index (χ2v) is 7.19. The van der Waals surface area contributed by atoms with Crippen molar-refractivity contribution >= 4 is 8.97 Å². The van der Waals surface area contributed by atoms with Crippen molar-refractivity contribution in [1.29, 1.82) is 0 Å². The van der Waals surface area contributed by atoms with Crippen molar-refractivity contribution in [3.8, 4) is 0 Å². The molecule has 17 heavy (non-hydrogen) atoms. The lowest BCUT2D eigenvalue weighted by Gasteiger charge is -2.44. The summed E-state index contributed by atoms with van der Waals surface area (Å²) in [6.07, 6.45) is 0. The molecule has 0 atom stereocenters. The van der Waals surface area contributed by atoms with Gasteiger partial charge in [0.25, 0.3) is 0 Å². The van der Waals surface area contributed by atoms with Crippen molar-refractivity contribution < 1.29 is 13.3 Å². The first-order valence-electron chi connectivity index (χ1n) is 6.57. The fraction of sp³-hybridized carbons (Fsp3) is 1.00. The van der Waals surface area contributed by atoms with E-state index in [-0.39, 0.29) is 5.54 Å². The fourth-order valence-corrected chi connectivity index (χ4v) is 5.01. The molecule has 0 aliphatic carbocycles. The number of rotatable bonds is 8. The van der Waals surface area contributed by atoms with Crippen LogP contribution in [0.5, 0.6) is 0 Å². The predicted octanol–water partition coefficient (Wildman–Crippen LogP) is 2.65. The van der Waals surface area contributed by atoms with E-state index >= 15 is 0 Å². The van der Waals surface area contributed by atoms with E-state index in [4.69, 9.17) is 13.3 Å². The third-order valence-electron chi connectivity index (χ3n) is 2.44. The van der Waals surface area contributed by atoms with Crippen molar-refractivity contribution in [3.63, 3.8) is 0 Å². The lowest BCUT2D eigenvalue weighted by atomic mass is 10.1. The zero-order valence-electron chi connectivity index (χ0n) is 12.5. The molecular formula is C12H29NO3Si. The largest absolute Gasteiger partial charge is 0.599 e. The van der Waals surface area contributed by atoms with Crippen LogP contribution in [0.15, 0.2) is 0 Å². The molecule has 0 spiro atoms. The van der Waals surface area contributed by atoms with Gasteiger partial charge in [-0.1, -0.05) is 6.92 Å². The first-order chi connectivity index (χ1) is 7.87. The standard InChI is InChI=1S/C12H29NO3Si/c1-8-13(12(5,6)7)17(14-9-2,15-10-3)16-11-4/h8-11H2,1-7H3. The molecule has 0 aliphatic rings. The first-order valence-corrected chi connectivity index (χ1v) is 8.24. The van der Waals surface area contributed by atoms with Crippen LogP contribution in [-0.4, -0.2) is 45.4 Å². The van der Waals surface area contributed by atoms with Crippen LogP contribution in [0.25, 0.3) is 0 Å². The number of nitrogens with zero attached hydrogens (tertiary/aromatic N) is 1. The van der Waals surface area contributed by atoms with Gasteiger partial charge in [0.1, 0.15) is 0 Å². The lowest BCUT2D eigenvalue weighted by molar-refractivity contribution is -0.00652. The Labute approximate surface area is 108 Å². The van der Waals surface area contributed by atoms with E-state index in [2.05, 4.69) is 32.3 Å². The maximum Gasteiger partial charge on any atom is 0.599 e. The van der Waals surface area contributed by atoms with E-state index in [1.54, 1.807) is 0 Å². The Balaban J connectivity index is 5.19. The Bertz CT molecular complexity index is 189. The van der Waals surface area contributed by atoms with Gasteiger partial charge in [0, 0.05) is 25.4 Å². The fourth-order valence-electron chi connectivity index (χ4n) is 1.98. The highest BCUT2D eigenvalue weighted by atomic mass is 28.4. The van der Waals surface area contributed by atoms with Gasteiger partial charge in [0.15, 0.2) is 0 Å². The molecule has 0 unspecified atom stereocenters. The van der Waals surface area contributed by atoms with E-state index in [0.29, 0.717) is 19.8 Å². The molecule has 0 amide bonds. The zero-order valence-corrected chi connectivity index (χ0v) is 13.5. The molecule has 0 fully saturated rings. The van der Waals surface area contributed by atoms with Crippen LogP contribution in [0.1, 0.15) is 48.5 Å². The molecule has 0 aromatic carbocycles. The van der Waals surface area contributed by atoms with E-state index in [0.717, 1.165) is 6.54 Å². The minimum absolute atomic E-state index is 0.0273. The topological polar surface area (TPSA) is 30.9 Å². The molecule has 0 aliphatic heterocycles. The zero-order chi connectivity index (χ0) is 13.5. The van der Waals surface area contributed by atoms with Gasteiger partial charge in [-0.25, -0.2) is 0 Å². The number of hydrogen-bond acceptors (Lipinski definition) is 4. The summed E-state index contributed by atoms with van der Waals surface area (Å²) in [5, 5.41) is 0. The van der Waals surface area contributed by atoms with Crippen LogP contribution >= 0.6 is 0 Å². The smallest absolute Gasteiger partial charge is 0.361 e. The van der Waals surface area contributed by atoms with Crippen LogP contribution < -0.4 is 0 Å². The molecule has 0 N–H and O–H groups in total. The van der Waals surface area contributed by atoms with Crippen molar-refractivity contribution in [2.24, 2.45) is 0 Å². The summed E-state index contributed by atoms with van der Waals surface area (Å²) in [4.78, 5) is 0. The summed E-state index contributed by atoms with van der Waals surface area (Å²) < 4.78 is 20.0. The maximum absolute atomic E-state index is 5.91. The molecule has 5 heteroatoms. The van der Waals surface area contributed by atoms with Gasteiger partial charge in [0.05, 0.1) is 0 Å². The van der Waals surface area contributed by atoms with Crippen molar-refractivity contribution in [2.45, 2.75) is 54.0 Å². The number of hydrogen-bond donors (Lipinski definition) is 0. The monoisotopic (exact) mass is 263 g/mol. The van der Waals surface area contributed by atoms with Crippen molar-refractivity contribution in [1.82, 2.24) is 4.57 Å². The molecule has 0 bridgehead atoms. The van der Waals surface area contributed by atoms with E-state index in [1.165, 1.54) is 0 Å². The molecule has 0 heterocycles. The molecule has 0 aromatic rings. The first kappa shape index (κ1) is 17.1. The minimum atomic E-state index is -2.73. The molecule has 104 valence electrons. The van der Waals surface area contributed by atoms with E-state index < -0.39 is 8.97 Å². The van der Waals surface area contributed by atoms with Crippen LogP contribution in [0.2, 0.25) is 0 Å². The highest BCUT2D eigenvalue weighted by Gasteiger charge is 2.52. The van der Waals surface area contributed by atoms with Crippen LogP contribution in [0.3, 0.4) is 0 Å². The second kappa shape index (κ2) is 7.48. The third-order valence-corrected chi connectivity index (χ3v) is 6.05. The Morgan fingerprint density at radius 3 is 1.35 bits per heavy atom. The normalized spacial score (nSPS) is 13.4. The summed E-state index contributed by atoms with van der Waals surface area (Å²) in [6, 6.07) is 0. The van der Waals surface area contributed by atoms with Gasteiger partial charge in [-0.3, -0.25) is 4.57 Å². The Hall–Kier alpha value is 0.0569. The predicted molar refractivity (Wildman–Crippen MR) is 72.8 cm³/mol. The molecule has 0 saturated heterocycles. The summed E-state index contributed by atoms with van der Waals surface area (Å²) >= 11 is 0. The molecule has 0 aromatic heterocycles. The summed E-state index contributed by atoms with van der Waals surface area (Å²) in [5.41, 5.74) is -0.0273.